The van der Waals surface area contributed by atoms with Gasteiger partial charge in [0, 0.05) is 4.88 Å². The number of carbonyl (C=O) groups excluding carboxylic acids is 1. The standard InChI is InChI=1S/C16H15FN4O4S2/c1-8-9(2)26-16-14(8)15(23)18-12(19-16)7-13(22)20-21-27(24,25)11-6-4-3-5-10(11)17/h3-6,21H,7H2,1-2H3,(H,20,22)(H,18,19,23). The van der Waals surface area contributed by atoms with E-state index in [9.17, 15) is 22.4 Å². The molecule has 0 fully saturated rings. The van der Waals surface area contributed by atoms with Gasteiger partial charge in [0.25, 0.3) is 15.6 Å². The number of halogens is 1. The van der Waals surface area contributed by atoms with E-state index in [1.54, 1.807) is 0 Å². The highest BCUT2D eigenvalue weighted by atomic mass is 32.2. The van der Waals surface area contributed by atoms with Gasteiger partial charge in [-0.05, 0) is 31.5 Å². The molecule has 0 spiro atoms. The van der Waals surface area contributed by atoms with Crippen LogP contribution in [0, 0.1) is 19.7 Å². The van der Waals surface area contributed by atoms with Crippen molar-refractivity contribution in [2.75, 3.05) is 0 Å². The van der Waals surface area contributed by atoms with Crippen molar-refractivity contribution in [3.63, 3.8) is 0 Å². The Balaban J connectivity index is 1.74. The lowest BCUT2D eigenvalue weighted by atomic mass is 10.2. The monoisotopic (exact) mass is 410 g/mol. The van der Waals surface area contributed by atoms with E-state index < -0.39 is 26.6 Å². The average molecular weight is 410 g/mol. The number of aromatic nitrogens is 2. The number of fused-ring (bicyclic) bond motifs is 1. The maximum atomic E-state index is 13.6. The Morgan fingerprint density at radius 2 is 2.00 bits per heavy atom. The number of hydrogen-bond acceptors (Lipinski definition) is 6. The molecule has 0 aliphatic rings. The van der Waals surface area contributed by atoms with Gasteiger partial charge in [-0.1, -0.05) is 12.1 Å². The van der Waals surface area contributed by atoms with Crippen molar-refractivity contribution in [1.29, 1.82) is 0 Å². The lowest BCUT2D eigenvalue weighted by molar-refractivity contribution is -0.121. The van der Waals surface area contributed by atoms with Gasteiger partial charge in [-0.15, -0.1) is 16.2 Å². The molecule has 8 nitrogen and oxygen atoms in total. The second kappa shape index (κ2) is 7.18. The first-order chi connectivity index (χ1) is 12.7. The first kappa shape index (κ1) is 19.1. The molecule has 0 unspecified atom stereocenters. The molecule has 2 heterocycles. The molecule has 0 aliphatic heterocycles. The van der Waals surface area contributed by atoms with Crippen molar-refractivity contribution >= 4 is 37.5 Å². The zero-order valence-corrected chi connectivity index (χ0v) is 15.9. The summed E-state index contributed by atoms with van der Waals surface area (Å²) in [5.41, 5.74) is 2.45. The second-order valence-corrected chi connectivity index (χ2v) is 8.59. The summed E-state index contributed by atoms with van der Waals surface area (Å²) in [4.78, 5) is 33.6. The molecule has 11 heteroatoms. The van der Waals surface area contributed by atoms with E-state index in [0.29, 0.717) is 10.2 Å². The van der Waals surface area contributed by atoms with Crippen LogP contribution in [0.25, 0.3) is 10.2 Å². The number of nitrogens with zero attached hydrogens (tertiary/aromatic N) is 1. The number of rotatable bonds is 5. The Labute approximate surface area is 157 Å². The molecule has 0 saturated carbocycles. The molecule has 1 aromatic carbocycles. The first-order valence-electron chi connectivity index (χ1n) is 7.73. The Hall–Kier alpha value is -2.63. The normalized spacial score (nSPS) is 11.7. The van der Waals surface area contributed by atoms with E-state index in [2.05, 4.69) is 9.97 Å². The molecule has 0 bridgehead atoms. The summed E-state index contributed by atoms with van der Waals surface area (Å²) in [5.74, 6) is -1.61. The summed E-state index contributed by atoms with van der Waals surface area (Å²) in [7, 11) is -4.27. The summed E-state index contributed by atoms with van der Waals surface area (Å²) in [6.45, 7) is 3.68. The molecule has 0 saturated heterocycles. The third-order valence-electron chi connectivity index (χ3n) is 3.87. The van der Waals surface area contributed by atoms with Gasteiger partial charge in [-0.25, -0.2) is 17.8 Å². The Kier molecular flexibility index (Phi) is 5.09. The molecular weight excluding hydrogens is 395 g/mol. The van der Waals surface area contributed by atoms with Crippen LogP contribution < -0.4 is 15.8 Å². The van der Waals surface area contributed by atoms with E-state index >= 15 is 0 Å². The highest BCUT2D eigenvalue weighted by molar-refractivity contribution is 7.89. The van der Waals surface area contributed by atoms with E-state index in [4.69, 9.17) is 0 Å². The number of nitrogens with one attached hydrogen (secondary N) is 3. The fourth-order valence-corrected chi connectivity index (χ4v) is 4.41. The predicted molar refractivity (Wildman–Crippen MR) is 98.3 cm³/mol. The first-order valence-corrected chi connectivity index (χ1v) is 10.0. The van der Waals surface area contributed by atoms with Gasteiger partial charge in [0.05, 0.1) is 11.8 Å². The Bertz CT molecular complexity index is 1200. The van der Waals surface area contributed by atoms with E-state index in [1.807, 2.05) is 24.1 Å². The number of aryl methyl sites for hydroxylation is 2. The lowest BCUT2D eigenvalue weighted by Crippen LogP contribution is -2.42. The molecule has 1 amide bonds. The maximum Gasteiger partial charge on any atom is 0.260 e. The van der Waals surface area contributed by atoms with Gasteiger partial charge in [0.15, 0.2) is 0 Å². The quantitative estimate of drug-likeness (QED) is 0.548. The van der Waals surface area contributed by atoms with E-state index in [0.717, 1.165) is 22.6 Å². The molecule has 3 rings (SSSR count). The summed E-state index contributed by atoms with van der Waals surface area (Å²) in [6, 6.07) is 4.76. The molecule has 0 atom stereocenters. The summed E-state index contributed by atoms with van der Waals surface area (Å²) in [5, 5.41) is 0.474. The zero-order valence-electron chi connectivity index (χ0n) is 14.3. The van der Waals surface area contributed by atoms with Crippen LogP contribution >= 0.6 is 11.3 Å². The third-order valence-corrected chi connectivity index (χ3v) is 6.25. The van der Waals surface area contributed by atoms with Gasteiger partial charge in [0.2, 0.25) is 5.91 Å². The third kappa shape index (κ3) is 3.89. The van der Waals surface area contributed by atoms with Crippen molar-refractivity contribution < 1.29 is 17.6 Å². The zero-order chi connectivity index (χ0) is 19.8. The molecular formula is C16H15FN4O4S2. The number of hydrazine groups is 1. The molecule has 27 heavy (non-hydrogen) atoms. The number of thiophene rings is 1. The van der Waals surface area contributed by atoms with E-state index in [1.165, 1.54) is 23.5 Å². The number of benzene rings is 1. The fraction of sp³-hybridized carbons (Fsp3) is 0.188. The molecule has 142 valence electrons. The molecule has 3 N–H and O–H groups in total. The van der Waals surface area contributed by atoms with Gasteiger partial charge >= 0.3 is 0 Å². The molecule has 2 aromatic heterocycles. The van der Waals surface area contributed by atoms with Crippen LogP contribution in [0.4, 0.5) is 4.39 Å². The number of amides is 1. The van der Waals surface area contributed by atoms with E-state index in [-0.39, 0.29) is 17.8 Å². The van der Waals surface area contributed by atoms with Crippen molar-refractivity contribution in [3.05, 3.63) is 56.7 Å². The largest absolute Gasteiger partial charge is 0.309 e. The molecule has 0 radical (unpaired) electrons. The van der Waals surface area contributed by atoms with Crippen LogP contribution in [0.5, 0.6) is 0 Å². The predicted octanol–water partition coefficient (Wildman–Crippen LogP) is 1.29. The van der Waals surface area contributed by atoms with Crippen LogP contribution in [-0.2, 0) is 21.2 Å². The topological polar surface area (TPSA) is 121 Å². The summed E-state index contributed by atoms with van der Waals surface area (Å²) < 4.78 is 37.7. The minimum absolute atomic E-state index is 0.0938. The number of aromatic amines is 1. The maximum absolute atomic E-state index is 13.6. The van der Waals surface area contributed by atoms with Gasteiger partial charge in [-0.3, -0.25) is 15.0 Å². The van der Waals surface area contributed by atoms with Crippen molar-refractivity contribution in [3.8, 4) is 0 Å². The average Bonchev–Trinajstić information content (AvgIpc) is 2.88. The minimum Gasteiger partial charge on any atom is -0.309 e. The minimum atomic E-state index is -4.27. The molecule has 0 aliphatic carbocycles. The number of sulfonamides is 1. The van der Waals surface area contributed by atoms with Crippen LogP contribution in [0.3, 0.4) is 0 Å². The van der Waals surface area contributed by atoms with Crippen LogP contribution in [0.2, 0.25) is 0 Å². The highest BCUT2D eigenvalue weighted by Crippen LogP contribution is 2.25. The number of H-pyrrole nitrogens is 1. The van der Waals surface area contributed by atoms with Crippen LogP contribution in [-0.4, -0.2) is 24.3 Å². The summed E-state index contributed by atoms with van der Waals surface area (Å²) >= 11 is 1.33. The Morgan fingerprint density at radius 1 is 1.30 bits per heavy atom. The lowest BCUT2D eigenvalue weighted by Gasteiger charge is -2.09. The number of hydrogen-bond donors (Lipinski definition) is 3. The van der Waals surface area contributed by atoms with Gasteiger partial charge < -0.3 is 4.98 Å². The smallest absolute Gasteiger partial charge is 0.260 e. The van der Waals surface area contributed by atoms with Crippen molar-refractivity contribution in [2.45, 2.75) is 25.2 Å². The van der Waals surface area contributed by atoms with Gasteiger partial charge in [0.1, 0.15) is 21.4 Å². The Morgan fingerprint density at radius 3 is 2.70 bits per heavy atom. The van der Waals surface area contributed by atoms with Crippen molar-refractivity contribution in [2.24, 2.45) is 0 Å². The highest BCUT2D eigenvalue weighted by Gasteiger charge is 2.20. The SMILES string of the molecule is Cc1sc2nc(CC(=O)NNS(=O)(=O)c3ccccc3F)[nH]c(=O)c2c1C. The van der Waals surface area contributed by atoms with Crippen LogP contribution in [0.15, 0.2) is 34.0 Å². The van der Waals surface area contributed by atoms with Crippen molar-refractivity contribution in [1.82, 2.24) is 20.2 Å². The van der Waals surface area contributed by atoms with Crippen LogP contribution in [0.1, 0.15) is 16.3 Å². The summed E-state index contributed by atoms with van der Waals surface area (Å²) in [6.07, 6.45) is -0.360. The van der Waals surface area contributed by atoms with Gasteiger partial charge in [-0.2, -0.15) is 0 Å². The second-order valence-electron chi connectivity index (χ2n) is 5.74. The number of carbonyl (C=O) groups is 1. The molecule has 3 aromatic rings. The fourth-order valence-electron chi connectivity index (χ4n) is 2.42.